The molecule has 1 saturated heterocycles. The summed E-state index contributed by atoms with van der Waals surface area (Å²) in [5.41, 5.74) is 0. The van der Waals surface area contributed by atoms with Crippen molar-refractivity contribution in [2.45, 2.75) is 4.21 Å². The van der Waals surface area contributed by atoms with Crippen LogP contribution in [0.25, 0.3) is 0 Å². The number of aromatic nitrogens is 1. The van der Waals surface area contributed by atoms with Crippen LogP contribution in [0.5, 0.6) is 0 Å². The van der Waals surface area contributed by atoms with Crippen LogP contribution in [0.15, 0.2) is 34.7 Å². The van der Waals surface area contributed by atoms with Gasteiger partial charge in [0, 0.05) is 39.4 Å². The van der Waals surface area contributed by atoms with Crippen molar-refractivity contribution in [3.05, 3.63) is 39.8 Å². The van der Waals surface area contributed by atoms with Gasteiger partial charge in [-0.2, -0.15) is 4.31 Å². The average Bonchev–Trinajstić information content (AvgIpc) is 3.09. The molecule has 0 N–H and O–H groups in total. The standard InChI is InChI=1S/C16H18Cl2N4O3S2/c1-20(27(24,25)16-5-3-13(18)26-16)11-15(23)22-8-6-21(7-9-22)14-4-2-12(17)10-19-14/h2-5,10H,6-9,11H2,1H3. The first-order chi connectivity index (χ1) is 12.8. The molecule has 0 aliphatic carbocycles. The topological polar surface area (TPSA) is 73.8 Å². The van der Waals surface area contributed by atoms with Crippen molar-refractivity contribution in [1.82, 2.24) is 14.2 Å². The van der Waals surface area contributed by atoms with Crippen molar-refractivity contribution in [2.24, 2.45) is 0 Å². The lowest BCUT2D eigenvalue weighted by Crippen LogP contribution is -2.51. The number of carbonyl (C=O) groups excluding carboxylic acids is 1. The molecule has 1 aliphatic heterocycles. The number of hydrogen-bond acceptors (Lipinski definition) is 6. The smallest absolute Gasteiger partial charge is 0.252 e. The number of thiophene rings is 1. The van der Waals surface area contributed by atoms with Crippen LogP contribution in [-0.2, 0) is 14.8 Å². The maximum absolute atomic E-state index is 12.5. The van der Waals surface area contributed by atoms with Gasteiger partial charge < -0.3 is 9.80 Å². The van der Waals surface area contributed by atoms with Crippen LogP contribution in [0.2, 0.25) is 9.36 Å². The molecule has 0 aromatic carbocycles. The van der Waals surface area contributed by atoms with Crippen LogP contribution in [0.1, 0.15) is 0 Å². The lowest BCUT2D eigenvalue weighted by molar-refractivity contribution is -0.131. The third kappa shape index (κ3) is 4.72. The minimum atomic E-state index is -3.72. The van der Waals surface area contributed by atoms with E-state index in [4.69, 9.17) is 23.2 Å². The van der Waals surface area contributed by atoms with E-state index in [0.717, 1.165) is 21.5 Å². The van der Waals surface area contributed by atoms with Crippen molar-refractivity contribution < 1.29 is 13.2 Å². The fourth-order valence-corrected chi connectivity index (χ4v) is 5.63. The van der Waals surface area contributed by atoms with Crippen LogP contribution < -0.4 is 4.90 Å². The Labute approximate surface area is 172 Å². The quantitative estimate of drug-likeness (QED) is 0.701. The van der Waals surface area contributed by atoms with Gasteiger partial charge in [0.05, 0.1) is 15.9 Å². The van der Waals surface area contributed by atoms with Crippen molar-refractivity contribution in [3.8, 4) is 0 Å². The van der Waals surface area contributed by atoms with Gasteiger partial charge in [-0.1, -0.05) is 23.2 Å². The zero-order valence-corrected chi connectivity index (χ0v) is 17.7. The zero-order chi connectivity index (χ0) is 19.6. The predicted molar refractivity (Wildman–Crippen MR) is 107 cm³/mol. The highest BCUT2D eigenvalue weighted by Crippen LogP contribution is 2.27. The van der Waals surface area contributed by atoms with Crippen LogP contribution >= 0.6 is 34.5 Å². The monoisotopic (exact) mass is 448 g/mol. The molecule has 146 valence electrons. The molecule has 0 unspecified atom stereocenters. The minimum absolute atomic E-state index is 0.126. The zero-order valence-electron chi connectivity index (χ0n) is 14.5. The summed E-state index contributed by atoms with van der Waals surface area (Å²) >= 11 is 12.6. The Bertz CT molecular complexity index is 910. The molecule has 7 nitrogen and oxygen atoms in total. The summed E-state index contributed by atoms with van der Waals surface area (Å²) in [5.74, 6) is 0.577. The number of rotatable bonds is 5. The first kappa shape index (κ1) is 20.3. The van der Waals surface area contributed by atoms with Crippen LogP contribution in [-0.4, -0.2) is 68.3 Å². The van der Waals surface area contributed by atoms with E-state index in [0.29, 0.717) is 35.5 Å². The summed E-state index contributed by atoms with van der Waals surface area (Å²) in [7, 11) is -2.33. The van der Waals surface area contributed by atoms with E-state index >= 15 is 0 Å². The number of amides is 1. The van der Waals surface area contributed by atoms with E-state index < -0.39 is 10.0 Å². The third-order valence-electron chi connectivity index (χ3n) is 4.24. The molecule has 2 aromatic heterocycles. The van der Waals surface area contributed by atoms with E-state index in [1.165, 1.54) is 19.2 Å². The molecule has 1 aliphatic rings. The molecular formula is C16H18Cl2N4O3S2. The Hall–Kier alpha value is -1.39. The first-order valence-electron chi connectivity index (χ1n) is 8.13. The molecule has 11 heteroatoms. The second kappa shape index (κ2) is 8.32. The second-order valence-corrected chi connectivity index (χ2v) is 10.4. The third-order valence-corrected chi connectivity index (χ3v) is 7.96. The molecule has 0 bridgehead atoms. The Balaban J connectivity index is 1.57. The highest BCUT2D eigenvalue weighted by molar-refractivity contribution is 7.91. The van der Waals surface area contributed by atoms with Crippen molar-refractivity contribution in [1.29, 1.82) is 0 Å². The van der Waals surface area contributed by atoms with Crippen molar-refractivity contribution >= 4 is 56.3 Å². The van der Waals surface area contributed by atoms with Crippen molar-refractivity contribution in [2.75, 3.05) is 44.7 Å². The normalized spacial score (nSPS) is 15.4. The summed E-state index contributed by atoms with van der Waals surface area (Å²) in [5, 5.41) is 0.573. The second-order valence-electron chi connectivity index (χ2n) is 6.02. The number of pyridine rings is 1. The molecule has 0 spiro atoms. The number of anilines is 1. The van der Waals surface area contributed by atoms with Gasteiger partial charge in [-0.05, 0) is 24.3 Å². The average molecular weight is 449 g/mol. The largest absolute Gasteiger partial charge is 0.353 e. The Morgan fingerprint density at radius 2 is 1.89 bits per heavy atom. The summed E-state index contributed by atoms with van der Waals surface area (Å²) in [6.07, 6.45) is 1.59. The molecule has 3 heterocycles. The highest BCUT2D eigenvalue weighted by atomic mass is 35.5. The summed E-state index contributed by atoms with van der Waals surface area (Å²) in [4.78, 5) is 20.5. The van der Waals surface area contributed by atoms with Gasteiger partial charge in [-0.3, -0.25) is 4.79 Å². The Morgan fingerprint density at radius 3 is 2.44 bits per heavy atom. The number of likely N-dealkylation sites (N-methyl/N-ethyl adjacent to an activating group) is 1. The fraction of sp³-hybridized carbons (Fsp3) is 0.375. The Morgan fingerprint density at radius 1 is 1.19 bits per heavy atom. The molecular weight excluding hydrogens is 431 g/mol. The molecule has 27 heavy (non-hydrogen) atoms. The number of halogens is 2. The van der Waals surface area contributed by atoms with Crippen LogP contribution in [0.3, 0.4) is 0 Å². The molecule has 1 fully saturated rings. The molecule has 0 atom stereocenters. The van der Waals surface area contributed by atoms with Crippen molar-refractivity contribution in [3.63, 3.8) is 0 Å². The molecule has 1 amide bonds. The molecule has 0 radical (unpaired) electrons. The van der Waals surface area contributed by atoms with Gasteiger partial charge in [0.2, 0.25) is 5.91 Å². The number of piperazine rings is 1. The SMILES string of the molecule is CN(CC(=O)N1CCN(c2ccc(Cl)cn2)CC1)S(=O)(=O)c1ccc(Cl)s1. The van der Waals surface area contributed by atoms with Crippen LogP contribution in [0, 0.1) is 0 Å². The van der Waals surface area contributed by atoms with E-state index in [-0.39, 0.29) is 16.7 Å². The summed E-state index contributed by atoms with van der Waals surface area (Å²) in [6.45, 7) is 2.04. The lowest BCUT2D eigenvalue weighted by atomic mass is 10.3. The summed E-state index contributed by atoms with van der Waals surface area (Å²) in [6, 6.07) is 6.59. The Kier molecular flexibility index (Phi) is 6.27. The van der Waals surface area contributed by atoms with E-state index in [1.807, 2.05) is 6.07 Å². The predicted octanol–water partition coefficient (Wildman–Crippen LogP) is 2.42. The lowest BCUT2D eigenvalue weighted by Gasteiger charge is -2.36. The van der Waals surface area contributed by atoms with Gasteiger partial charge in [0.1, 0.15) is 10.0 Å². The van der Waals surface area contributed by atoms with Gasteiger partial charge in [-0.25, -0.2) is 13.4 Å². The number of carbonyl (C=O) groups is 1. The van der Waals surface area contributed by atoms with Crippen LogP contribution in [0.4, 0.5) is 5.82 Å². The molecule has 2 aromatic rings. The maximum Gasteiger partial charge on any atom is 0.252 e. The minimum Gasteiger partial charge on any atom is -0.353 e. The van der Waals surface area contributed by atoms with E-state index in [2.05, 4.69) is 9.88 Å². The van der Waals surface area contributed by atoms with E-state index in [9.17, 15) is 13.2 Å². The summed E-state index contributed by atoms with van der Waals surface area (Å²) < 4.78 is 26.6. The van der Waals surface area contributed by atoms with Gasteiger partial charge in [-0.15, -0.1) is 11.3 Å². The fourth-order valence-electron chi connectivity index (χ4n) is 2.71. The molecule has 3 rings (SSSR count). The van der Waals surface area contributed by atoms with Gasteiger partial charge >= 0.3 is 0 Å². The number of hydrogen-bond donors (Lipinski definition) is 0. The highest BCUT2D eigenvalue weighted by Gasteiger charge is 2.28. The first-order valence-corrected chi connectivity index (χ1v) is 11.1. The number of sulfonamides is 1. The van der Waals surface area contributed by atoms with Gasteiger partial charge in [0.25, 0.3) is 10.0 Å². The molecule has 0 saturated carbocycles. The number of nitrogens with zero attached hydrogens (tertiary/aromatic N) is 4. The van der Waals surface area contributed by atoms with E-state index in [1.54, 1.807) is 17.2 Å². The maximum atomic E-state index is 12.5. The van der Waals surface area contributed by atoms with Gasteiger partial charge in [0.15, 0.2) is 0 Å².